The van der Waals surface area contributed by atoms with E-state index >= 15 is 0 Å². The minimum atomic E-state index is -0.479. The molecule has 16 rings (SSSR count). The largest absolute Gasteiger partial charge is 0.310 e. The molecule has 14 aromatic rings. The van der Waals surface area contributed by atoms with E-state index in [2.05, 4.69) is 241 Å². The maximum Gasteiger partial charge on any atom is 0.0973 e. The van der Waals surface area contributed by atoms with E-state index in [0.717, 1.165) is 106 Å². The first-order valence-corrected chi connectivity index (χ1v) is 27.9. The van der Waals surface area contributed by atoms with Gasteiger partial charge in [0.05, 0.1) is 50.3 Å². The average Bonchev–Trinajstić information content (AvgIpc) is 1.86. The fraction of sp³-hybridized carbons (Fsp3) is 0.0130. The van der Waals surface area contributed by atoms with Gasteiger partial charge in [-0.15, -0.1) is 0 Å². The number of nitrogens with zero attached hydrogens (tertiary/aromatic N) is 5. The third kappa shape index (κ3) is 7.62. The normalized spacial score (nSPS) is 12.5. The van der Waals surface area contributed by atoms with Crippen LogP contribution in [-0.2, 0) is 5.41 Å². The molecule has 0 fully saturated rings. The minimum Gasteiger partial charge on any atom is -0.310 e. The highest BCUT2D eigenvalue weighted by Crippen LogP contribution is 2.63. The van der Waals surface area contributed by atoms with E-state index in [9.17, 15) is 0 Å². The third-order valence-corrected chi connectivity index (χ3v) is 16.7. The molecule has 0 saturated carbocycles. The van der Waals surface area contributed by atoms with Crippen LogP contribution in [0.25, 0.3) is 112 Å². The predicted octanol–water partition coefficient (Wildman–Crippen LogP) is 19.4. The number of hydrogen-bond acceptors (Lipinski definition) is 5. The Labute approximate surface area is 475 Å². The van der Waals surface area contributed by atoms with E-state index in [4.69, 9.17) is 19.9 Å². The number of hydrogen-bond donors (Lipinski definition) is 0. The molecule has 0 N–H and O–H groups in total. The van der Waals surface area contributed by atoms with Crippen LogP contribution >= 0.6 is 0 Å². The fourth-order valence-electron chi connectivity index (χ4n) is 12.9. The number of benzene rings is 12. The van der Waals surface area contributed by atoms with Crippen molar-refractivity contribution in [1.29, 1.82) is 0 Å². The monoisotopic (exact) mass is 1040 g/mol. The molecule has 5 nitrogen and oxygen atoms in total. The maximum atomic E-state index is 5.18. The summed E-state index contributed by atoms with van der Waals surface area (Å²) in [5.41, 5.74) is 28.7. The van der Waals surface area contributed by atoms with Crippen molar-refractivity contribution < 1.29 is 0 Å². The Morgan fingerprint density at radius 3 is 0.841 bits per heavy atom. The lowest BCUT2D eigenvalue weighted by Gasteiger charge is -2.32. The van der Waals surface area contributed by atoms with Crippen LogP contribution in [0.2, 0.25) is 0 Å². The molecule has 2 aromatic heterocycles. The molecule has 0 saturated heterocycles. The van der Waals surface area contributed by atoms with Gasteiger partial charge >= 0.3 is 0 Å². The van der Waals surface area contributed by atoms with Crippen LogP contribution < -0.4 is 4.90 Å². The number of rotatable bonds is 9. The van der Waals surface area contributed by atoms with Crippen molar-refractivity contribution in [2.45, 2.75) is 5.41 Å². The zero-order valence-corrected chi connectivity index (χ0v) is 44.5. The fourth-order valence-corrected chi connectivity index (χ4v) is 12.9. The van der Waals surface area contributed by atoms with Crippen LogP contribution in [0.15, 0.2) is 297 Å². The predicted molar refractivity (Wildman–Crippen MR) is 336 cm³/mol. The first-order valence-electron chi connectivity index (χ1n) is 27.9. The first-order chi connectivity index (χ1) is 40.6. The second-order valence-corrected chi connectivity index (χ2v) is 21.3. The molecule has 0 aliphatic heterocycles. The van der Waals surface area contributed by atoms with Crippen molar-refractivity contribution in [3.8, 4) is 89.5 Å². The molecule has 0 atom stereocenters. The lowest BCUT2D eigenvalue weighted by Crippen LogP contribution is -2.26. The summed E-state index contributed by atoms with van der Waals surface area (Å²) in [5.74, 6) is 0. The maximum absolute atomic E-state index is 5.18. The van der Waals surface area contributed by atoms with Crippen molar-refractivity contribution in [2.75, 3.05) is 4.90 Å². The van der Waals surface area contributed by atoms with Gasteiger partial charge in [0.25, 0.3) is 0 Å². The molecular weight excluding hydrogens is 995 g/mol. The van der Waals surface area contributed by atoms with E-state index in [1.54, 1.807) is 0 Å². The van der Waals surface area contributed by atoms with Gasteiger partial charge in [-0.3, -0.25) is 0 Å². The number of anilines is 3. The van der Waals surface area contributed by atoms with Crippen LogP contribution in [0.5, 0.6) is 0 Å². The molecule has 2 heterocycles. The standard InChI is InChI=1S/C77H49N5/c1-3-17-54(18-4-1)73-75(80-71-29-15-13-27-69(71)78-73)56-35-31-50(32-36-56)52-39-43-58(44-40-52)82(60-47-48-64-63-23-9-12-26-67(63)77(68(64)49-60)65-24-10-7-21-61(65)62-22-8-11-25-66(62)77)59-45-41-53(42-46-59)51-33-37-57(38-34-51)76-74(55-19-5-2-6-20-55)79-70-28-14-16-30-72(70)81-76/h1-49H. The van der Waals surface area contributed by atoms with Gasteiger partial charge in [0.15, 0.2) is 0 Å². The van der Waals surface area contributed by atoms with E-state index in [-0.39, 0.29) is 0 Å². The number of para-hydroxylation sites is 4. The summed E-state index contributed by atoms with van der Waals surface area (Å²) in [6, 6.07) is 107. The van der Waals surface area contributed by atoms with Crippen molar-refractivity contribution in [2.24, 2.45) is 0 Å². The van der Waals surface area contributed by atoms with E-state index < -0.39 is 5.41 Å². The molecule has 2 aliphatic rings. The van der Waals surface area contributed by atoms with Gasteiger partial charge in [0.1, 0.15) is 0 Å². The Hall–Kier alpha value is -10.9. The summed E-state index contributed by atoms with van der Waals surface area (Å²) in [6.45, 7) is 0. The lowest BCUT2D eigenvalue weighted by atomic mass is 9.70. The Morgan fingerprint density at radius 1 is 0.207 bits per heavy atom. The zero-order chi connectivity index (χ0) is 54.1. The van der Waals surface area contributed by atoms with E-state index in [1.807, 2.05) is 60.7 Å². The SMILES string of the molecule is c1ccc(-c2nc3ccccc3nc2-c2ccc(-c3ccc(N(c4ccc(-c5ccc(-c6nc7ccccc7nc6-c6ccccc6)cc5)cc4)c4ccc5c(c4)C4(c6ccccc6-c6ccccc64)c4ccccc4-5)cc3)cc2)cc1. The van der Waals surface area contributed by atoms with Gasteiger partial charge in [-0.25, -0.2) is 19.9 Å². The van der Waals surface area contributed by atoms with E-state index in [0.29, 0.717) is 0 Å². The third-order valence-electron chi connectivity index (χ3n) is 16.7. The Morgan fingerprint density at radius 2 is 0.476 bits per heavy atom. The summed E-state index contributed by atoms with van der Waals surface area (Å²) in [7, 11) is 0. The average molecular weight is 1040 g/mol. The Kier molecular flexibility index (Phi) is 11.0. The molecule has 2 aliphatic carbocycles. The molecule has 0 amide bonds. The first kappa shape index (κ1) is 47.1. The highest BCUT2D eigenvalue weighted by atomic mass is 15.1. The lowest BCUT2D eigenvalue weighted by molar-refractivity contribution is 0.793. The topological polar surface area (TPSA) is 54.8 Å². The van der Waals surface area contributed by atoms with Crippen molar-refractivity contribution in [3.63, 3.8) is 0 Å². The molecule has 5 heteroatoms. The molecule has 12 aromatic carbocycles. The summed E-state index contributed by atoms with van der Waals surface area (Å²) < 4.78 is 0. The van der Waals surface area contributed by atoms with Gasteiger partial charge in [-0.2, -0.15) is 0 Å². The Balaban J connectivity index is 0.789. The zero-order valence-electron chi connectivity index (χ0n) is 44.5. The van der Waals surface area contributed by atoms with Crippen molar-refractivity contribution >= 4 is 39.1 Å². The highest BCUT2D eigenvalue weighted by Gasteiger charge is 2.51. The van der Waals surface area contributed by atoms with Crippen LogP contribution in [0.3, 0.4) is 0 Å². The summed E-state index contributed by atoms with van der Waals surface area (Å²) in [5, 5.41) is 0. The molecule has 0 unspecified atom stereocenters. The number of aromatic nitrogens is 4. The summed E-state index contributed by atoms with van der Waals surface area (Å²) >= 11 is 0. The second kappa shape index (κ2) is 19.2. The number of fused-ring (bicyclic) bond motifs is 12. The van der Waals surface area contributed by atoms with E-state index in [1.165, 1.54) is 44.5 Å². The quantitative estimate of drug-likeness (QED) is 0.144. The molecular formula is C77H49N5. The van der Waals surface area contributed by atoms with Gasteiger partial charge in [-0.1, -0.05) is 237 Å². The smallest absolute Gasteiger partial charge is 0.0973 e. The molecule has 1 spiro atoms. The van der Waals surface area contributed by atoms with Gasteiger partial charge in [0, 0.05) is 39.3 Å². The van der Waals surface area contributed by atoms with Crippen LogP contribution in [0.1, 0.15) is 22.3 Å². The second-order valence-electron chi connectivity index (χ2n) is 21.3. The summed E-state index contributed by atoms with van der Waals surface area (Å²) in [4.78, 5) is 23.0. The molecule has 82 heavy (non-hydrogen) atoms. The van der Waals surface area contributed by atoms with Crippen LogP contribution in [0.4, 0.5) is 17.1 Å². The van der Waals surface area contributed by atoms with Crippen LogP contribution in [0, 0.1) is 0 Å². The molecule has 0 radical (unpaired) electrons. The van der Waals surface area contributed by atoms with Crippen molar-refractivity contribution in [3.05, 3.63) is 320 Å². The molecule has 0 bridgehead atoms. The highest BCUT2D eigenvalue weighted by molar-refractivity contribution is 5.97. The minimum absolute atomic E-state index is 0.479. The van der Waals surface area contributed by atoms with Gasteiger partial charge in [-0.05, 0) is 127 Å². The molecule has 382 valence electrons. The van der Waals surface area contributed by atoms with Crippen LogP contribution in [-0.4, -0.2) is 19.9 Å². The van der Waals surface area contributed by atoms with Gasteiger partial charge < -0.3 is 4.90 Å². The van der Waals surface area contributed by atoms with Crippen molar-refractivity contribution in [1.82, 2.24) is 19.9 Å². The van der Waals surface area contributed by atoms with Gasteiger partial charge in [0.2, 0.25) is 0 Å². The summed E-state index contributed by atoms with van der Waals surface area (Å²) in [6.07, 6.45) is 0. The Bertz CT molecular complexity index is 4490.